The van der Waals surface area contributed by atoms with Crippen LogP contribution in [0, 0.1) is 0 Å². The summed E-state index contributed by atoms with van der Waals surface area (Å²) in [4.78, 5) is 14.6. The minimum absolute atomic E-state index is 0.0000605. The molecule has 0 spiro atoms. The van der Waals surface area contributed by atoms with Crippen LogP contribution < -0.4 is 0 Å². The Morgan fingerprint density at radius 1 is 0.893 bits per heavy atom. The normalized spacial score (nSPS) is 17.6. The van der Waals surface area contributed by atoms with Gasteiger partial charge in [-0.25, -0.2) is 8.42 Å². The van der Waals surface area contributed by atoms with Crippen molar-refractivity contribution < 1.29 is 13.2 Å². The Hall–Kier alpha value is -1.60. The molecule has 1 amide bonds. The van der Waals surface area contributed by atoms with Crippen LogP contribution in [0.4, 0.5) is 0 Å². The number of hydrogen-bond acceptors (Lipinski definition) is 3. The number of benzene rings is 2. The third-order valence-electron chi connectivity index (χ3n) is 5.38. The van der Waals surface area contributed by atoms with Crippen molar-refractivity contribution in [2.24, 2.45) is 0 Å². The molecule has 0 bridgehead atoms. The van der Waals surface area contributed by atoms with Crippen LogP contribution in [-0.4, -0.2) is 49.7 Å². The number of rotatable bonds is 3. The maximum absolute atomic E-state index is 12.9. The van der Waals surface area contributed by atoms with Crippen LogP contribution in [0.5, 0.6) is 0 Å². The Kier molecular flexibility index (Phi) is 5.40. The maximum atomic E-state index is 12.9. The van der Waals surface area contributed by atoms with Gasteiger partial charge in [-0.1, -0.05) is 29.3 Å². The zero-order valence-corrected chi connectivity index (χ0v) is 17.5. The highest BCUT2D eigenvalue weighted by Crippen LogP contribution is 2.29. The summed E-state index contributed by atoms with van der Waals surface area (Å²) >= 11 is 12.0. The Morgan fingerprint density at radius 2 is 1.61 bits per heavy atom. The molecule has 1 aliphatic carbocycles. The van der Waals surface area contributed by atoms with Gasteiger partial charge >= 0.3 is 0 Å². The van der Waals surface area contributed by atoms with E-state index in [-0.39, 0.29) is 28.9 Å². The molecule has 2 aromatic carbocycles. The molecular formula is C20H20Cl2N2O3S. The van der Waals surface area contributed by atoms with E-state index in [9.17, 15) is 13.2 Å². The minimum atomic E-state index is -3.76. The molecular weight excluding hydrogens is 419 g/mol. The van der Waals surface area contributed by atoms with Gasteiger partial charge in [-0.15, -0.1) is 0 Å². The lowest BCUT2D eigenvalue weighted by molar-refractivity contribution is 0.0698. The second-order valence-electron chi connectivity index (χ2n) is 7.11. The van der Waals surface area contributed by atoms with E-state index >= 15 is 0 Å². The highest BCUT2D eigenvalue weighted by molar-refractivity contribution is 7.89. The van der Waals surface area contributed by atoms with Crippen molar-refractivity contribution in [3.8, 4) is 0 Å². The summed E-state index contributed by atoms with van der Waals surface area (Å²) in [5.74, 6) is -0.0486. The quantitative estimate of drug-likeness (QED) is 0.734. The molecule has 1 fully saturated rings. The zero-order valence-electron chi connectivity index (χ0n) is 15.2. The predicted octanol–water partition coefficient (Wildman–Crippen LogP) is 3.63. The first-order valence-corrected chi connectivity index (χ1v) is 11.4. The number of carbonyl (C=O) groups is 1. The van der Waals surface area contributed by atoms with Crippen molar-refractivity contribution in [1.82, 2.24) is 9.21 Å². The molecule has 0 aromatic heterocycles. The van der Waals surface area contributed by atoms with E-state index in [1.54, 1.807) is 11.0 Å². The predicted molar refractivity (Wildman–Crippen MR) is 110 cm³/mol. The molecule has 148 valence electrons. The first kappa shape index (κ1) is 19.7. The lowest BCUT2D eigenvalue weighted by Crippen LogP contribution is -2.50. The smallest absolute Gasteiger partial charge is 0.253 e. The van der Waals surface area contributed by atoms with Gasteiger partial charge in [0.2, 0.25) is 10.0 Å². The molecule has 28 heavy (non-hydrogen) atoms. The van der Waals surface area contributed by atoms with Gasteiger partial charge in [0.05, 0.1) is 5.02 Å². The van der Waals surface area contributed by atoms with Crippen molar-refractivity contribution in [2.45, 2.75) is 24.2 Å². The fourth-order valence-corrected chi connectivity index (χ4v) is 5.99. The van der Waals surface area contributed by atoms with E-state index in [0.717, 1.165) is 19.3 Å². The van der Waals surface area contributed by atoms with E-state index in [1.807, 2.05) is 18.2 Å². The maximum Gasteiger partial charge on any atom is 0.253 e. The molecule has 0 unspecified atom stereocenters. The number of halogens is 2. The fraction of sp³-hybridized carbons (Fsp3) is 0.350. The monoisotopic (exact) mass is 438 g/mol. The van der Waals surface area contributed by atoms with Crippen LogP contribution >= 0.6 is 23.2 Å². The van der Waals surface area contributed by atoms with Gasteiger partial charge in [-0.05, 0) is 60.7 Å². The minimum Gasteiger partial charge on any atom is -0.336 e. The summed E-state index contributed by atoms with van der Waals surface area (Å²) in [5.41, 5.74) is 3.25. The van der Waals surface area contributed by atoms with E-state index in [1.165, 1.54) is 27.6 Å². The topological polar surface area (TPSA) is 57.7 Å². The van der Waals surface area contributed by atoms with Crippen molar-refractivity contribution >= 4 is 39.1 Å². The van der Waals surface area contributed by atoms with Crippen molar-refractivity contribution in [1.29, 1.82) is 0 Å². The Morgan fingerprint density at radius 3 is 2.36 bits per heavy atom. The van der Waals surface area contributed by atoms with Crippen LogP contribution in [0.25, 0.3) is 0 Å². The van der Waals surface area contributed by atoms with E-state index < -0.39 is 10.0 Å². The summed E-state index contributed by atoms with van der Waals surface area (Å²) in [6.07, 6.45) is 3.23. The molecule has 1 heterocycles. The van der Waals surface area contributed by atoms with Crippen LogP contribution in [0.15, 0.2) is 41.3 Å². The number of aryl methyl sites for hydroxylation is 2. The van der Waals surface area contributed by atoms with Gasteiger partial charge < -0.3 is 4.90 Å². The van der Waals surface area contributed by atoms with Crippen LogP contribution in [0.2, 0.25) is 10.0 Å². The van der Waals surface area contributed by atoms with E-state index in [4.69, 9.17) is 23.2 Å². The number of carbonyl (C=O) groups excluding carboxylic acids is 1. The van der Waals surface area contributed by atoms with Gasteiger partial charge in [0.15, 0.2) is 0 Å². The molecule has 1 aliphatic heterocycles. The highest BCUT2D eigenvalue weighted by Gasteiger charge is 2.32. The average molecular weight is 439 g/mol. The number of nitrogens with zero attached hydrogens (tertiary/aromatic N) is 2. The second kappa shape index (κ2) is 7.67. The summed E-state index contributed by atoms with van der Waals surface area (Å²) in [6.45, 7) is 1.13. The van der Waals surface area contributed by atoms with E-state index in [0.29, 0.717) is 23.7 Å². The largest absolute Gasteiger partial charge is 0.336 e. The molecule has 8 heteroatoms. The first-order valence-electron chi connectivity index (χ1n) is 9.22. The first-order chi connectivity index (χ1) is 13.4. The standard InChI is InChI=1S/C20H20Cl2N2O3S/c21-17-6-7-18(22)19(13-17)28(26,27)24-10-8-23(9-11-24)20(25)16-5-4-14-2-1-3-15(14)12-16/h4-7,12-13H,1-3,8-11H2. The molecule has 2 aromatic rings. The van der Waals surface area contributed by atoms with Gasteiger partial charge in [0.25, 0.3) is 5.91 Å². The third kappa shape index (κ3) is 3.66. The molecule has 1 saturated heterocycles. The van der Waals surface area contributed by atoms with Crippen LogP contribution in [0.1, 0.15) is 27.9 Å². The SMILES string of the molecule is O=C(c1ccc2c(c1)CCC2)N1CCN(S(=O)(=O)c2cc(Cl)ccc2Cl)CC1. The van der Waals surface area contributed by atoms with Crippen molar-refractivity contribution in [3.63, 3.8) is 0 Å². The molecule has 0 atom stereocenters. The lowest BCUT2D eigenvalue weighted by atomic mass is 10.1. The second-order valence-corrected chi connectivity index (χ2v) is 9.86. The number of piperazine rings is 1. The summed E-state index contributed by atoms with van der Waals surface area (Å²) in [6, 6.07) is 10.3. The Balaban J connectivity index is 1.47. The highest BCUT2D eigenvalue weighted by atomic mass is 35.5. The summed E-state index contributed by atoms with van der Waals surface area (Å²) < 4.78 is 27.2. The van der Waals surface area contributed by atoms with Crippen LogP contribution in [0.3, 0.4) is 0 Å². The average Bonchev–Trinajstić information content (AvgIpc) is 3.17. The summed E-state index contributed by atoms with van der Waals surface area (Å²) in [7, 11) is -3.76. The summed E-state index contributed by atoms with van der Waals surface area (Å²) in [5, 5.41) is 0.453. The number of hydrogen-bond donors (Lipinski definition) is 0. The van der Waals surface area contributed by atoms with Gasteiger partial charge in [-0.2, -0.15) is 4.31 Å². The van der Waals surface area contributed by atoms with Crippen molar-refractivity contribution in [3.05, 3.63) is 63.1 Å². The zero-order chi connectivity index (χ0) is 19.9. The van der Waals surface area contributed by atoms with Crippen molar-refractivity contribution in [2.75, 3.05) is 26.2 Å². The number of sulfonamides is 1. The van der Waals surface area contributed by atoms with Gasteiger partial charge in [0, 0.05) is 36.8 Å². The molecule has 2 aliphatic rings. The Labute approximate surface area is 174 Å². The van der Waals surface area contributed by atoms with Gasteiger partial charge in [0.1, 0.15) is 4.90 Å². The molecule has 0 N–H and O–H groups in total. The fourth-order valence-electron chi connectivity index (χ4n) is 3.83. The molecule has 0 radical (unpaired) electrons. The van der Waals surface area contributed by atoms with Gasteiger partial charge in [-0.3, -0.25) is 4.79 Å². The lowest BCUT2D eigenvalue weighted by Gasteiger charge is -2.34. The van der Waals surface area contributed by atoms with Crippen LogP contribution in [-0.2, 0) is 22.9 Å². The third-order valence-corrected chi connectivity index (χ3v) is 8.00. The molecule has 0 saturated carbocycles. The number of fused-ring (bicyclic) bond motifs is 1. The Bertz CT molecular complexity index is 1030. The molecule has 4 rings (SSSR count). The number of amides is 1. The molecule has 5 nitrogen and oxygen atoms in total. The van der Waals surface area contributed by atoms with E-state index in [2.05, 4.69) is 0 Å².